The fraction of sp³-hybridized carbons (Fsp3) is 0.800. The van der Waals surface area contributed by atoms with Crippen LogP contribution in [-0.2, 0) is 11.8 Å². The van der Waals surface area contributed by atoms with Gasteiger partial charge in [-0.2, -0.15) is 23.5 Å². The van der Waals surface area contributed by atoms with Gasteiger partial charge in [0.1, 0.15) is 0 Å². The minimum atomic E-state index is 0.137. The second-order valence-electron chi connectivity index (χ2n) is 6.66. The Hall–Kier alpha value is 0.290. The van der Waals surface area contributed by atoms with Gasteiger partial charge in [0, 0.05) is 44.8 Å². The highest BCUT2D eigenvalue weighted by molar-refractivity contribution is 8.07. The van der Waals surface area contributed by atoms with Crippen molar-refractivity contribution in [3.63, 3.8) is 0 Å². The predicted octanol–water partition coefficient (Wildman–Crippen LogP) is 3.94. The van der Waals surface area contributed by atoms with Crippen LogP contribution in [0.25, 0.3) is 0 Å². The first-order valence-corrected chi connectivity index (χ1v) is 10.1. The van der Waals surface area contributed by atoms with Crippen molar-refractivity contribution in [3.8, 4) is 0 Å². The van der Waals surface area contributed by atoms with E-state index in [-0.39, 0.29) is 11.5 Å². The summed E-state index contributed by atoms with van der Waals surface area (Å²) in [6.45, 7) is 11.3. The Kier molecular flexibility index (Phi) is 5.49. The smallest absolute Gasteiger partial charge is 0.0944 e. The molecule has 5 heteroatoms. The van der Waals surface area contributed by atoms with Crippen molar-refractivity contribution >= 4 is 34.9 Å². The van der Waals surface area contributed by atoms with Gasteiger partial charge in [0.05, 0.1) is 10.7 Å². The molecule has 1 aliphatic heterocycles. The van der Waals surface area contributed by atoms with Crippen molar-refractivity contribution in [1.29, 1.82) is 0 Å². The zero-order valence-corrected chi connectivity index (χ0v) is 15.5. The molecule has 1 saturated heterocycles. The Balaban J connectivity index is 1.94. The average Bonchev–Trinajstić information content (AvgIpc) is 2.81. The first-order valence-electron chi connectivity index (χ1n) is 7.25. The van der Waals surface area contributed by atoms with Crippen molar-refractivity contribution in [2.75, 3.05) is 5.75 Å². The van der Waals surface area contributed by atoms with E-state index in [0.717, 1.165) is 11.7 Å². The fourth-order valence-corrected chi connectivity index (χ4v) is 6.27. The molecule has 0 radical (unpaired) electrons. The van der Waals surface area contributed by atoms with Crippen LogP contribution in [0.15, 0.2) is 5.38 Å². The molecular weight excluding hydrogens is 304 g/mol. The number of thioether (sulfide) groups is 2. The number of hydrogen-bond acceptors (Lipinski definition) is 5. The van der Waals surface area contributed by atoms with E-state index in [1.807, 2.05) is 0 Å². The molecule has 20 heavy (non-hydrogen) atoms. The van der Waals surface area contributed by atoms with Crippen LogP contribution in [0.3, 0.4) is 0 Å². The number of aromatic nitrogens is 1. The molecule has 2 heterocycles. The molecule has 0 spiro atoms. The molecule has 0 aliphatic carbocycles. The second kappa shape index (κ2) is 6.59. The molecule has 2 N–H and O–H groups in total. The summed E-state index contributed by atoms with van der Waals surface area (Å²) < 4.78 is 0. The fourth-order valence-electron chi connectivity index (χ4n) is 2.11. The molecule has 0 saturated carbocycles. The number of nitrogens with zero attached hydrogens (tertiary/aromatic N) is 1. The van der Waals surface area contributed by atoms with E-state index >= 15 is 0 Å². The topological polar surface area (TPSA) is 38.9 Å². The third kappa shape index (κ3) is 4.15. The average molecular weight is 331 g/mol. The van der Waals surface area contributed by atoms with Gasteiger partial charge in [-0.25, -0.2) is 4.98 Å². The minimum Gasteiger partial charge on any atom is -0.326 e. The van der Waals surface area contributed by atoms with Gasteiger partial charge < -0.3 is 5.73 Å². The second-order valence-corrected chi connectivity index (χ2v) is 10.6. The minimum absolute atomic E-state index is 0.137. The number of rotatable bonds is 3. The van der Waals surface area contributed by atoms with Crippen molar-refractivity contribution < 1.29 is 0 Å². The lowest BCUT2D eigenvalue weighted by Crippen LogP contribution is -2.41. The maximum Gasteiger partial charge on any atom is 0.0944 e. The number of hydrogen-bond donors (Lipinski definition) is 1. The van der Waals surface area contributed by atoms with Crippen LogP contribution < -0.4 is 5.73 Å². The lowest BCUT2D eigenvalue weighted by Gasteiger charge is -2.34. The highest BCUT2D eigenvalue weighted by Crippen LogP contribution is 2.37. The van der Waals surface area contributed by atoms with E-state index in [4.69, 9.17) is 10.7 Å². The van der Waals surface area contributed by atoms with Crippen molar-refractivity contribution in [3.05, 3.63) is 16.1 Å². The van der Waals surface area contributed by atoms with E-state index in [0.29, 0.717) is 10.5 Å². The number of thiazole rings is 1. The summed E-state index contributed by atoms with van der Waals surface area (Å²) in [5.74, 6) is 1.18. The van der Waals surface area contributed by atoms with Crippen LogP contribution in [0.5, 0.6) is 0 Å². The lowest BCUT2D eigenvalue weighted by atomic mass is 9.93. The summed E-state index contributed by atoms with van der Waals surface area (Å²) in [6, 6.07) is 0.224. The summed E-state index contributed by atoms with van der Waals surface area (Å²) in [5.41, 5.74) is 7.77. The summed E-state index contributed by atoms with van der Waals surface area (Å²) in [7, 11) is 0. The Morgan fingerprint density at radius 3 is 2.60 bits per heavy atom. The van der Waals surface area contributed by atoms with Gasteiger partial charge in [-0.3, -0.25) is 0 Å². The van der Waals surface area contributed by atoms with Gasteiger partial charge >= 0.3 is 0 Å². The highest BCUT2D eigenvalue weighted by atomic mass is 32.2. The van der Waals surface area contributed by atoms with Crippen LogP contribution in [0.1, 0.15) is 45.3 Å². The molecule has 1 fully saturated rings. The zero-order chi connectivity index (χ0) is 14.9. The number of nitrogens with two attached hydrogens (primary N) is 1. The third-order valence-corrected chi connectivity index (χ3v) is 8.23. The Morgan fingerprint density at radius 1 is 1.35 bits per heavy atom. The molecule has 4 atom stereocenters. The van der Waals surface area contributed by atoms with Crippen LogP contribution >= 0.6 is 34.9 Å². The summed E-state index contributed by atoms with van der Waals surface area (Å²) in [6.07, 6.45) is 0.917. The molecule has 114 valence electrons. The van der Waals surface area contributed by atoms with E-state index in [2.05, 4.69) is 63.5 Å². The van der Waals surface area contributed by atoms with E-state index < -0.39 is 0 Å². The normalized spacial score (nSPS) is 29.4. The monoisotopic (exact) mass is 330 g/mol. The van der Waals surface area contributed by atoms with Gasteiger partial charge in [0.25, 0.3) is 0 Å². The molecule has 2 nitrogen and oxygen atoms in total. The van der Waals surface area contributed by atoms with Gasteiger partial charge in [-0.05, 0) is 0 Å². The Bertz CT molecular complexity index is 439. The van der Waals surface area contributed by atoms with E-state index in [9.17, 15) is 0 Å². The molecule has 0 bridgehead atoms. The molecule has 2 rings (SSSR count). The first-order chi connectivity index (χ1) is 9.27. The standard InChI is InChI=1S/C15H26N2S3/c1-9-10(2)20-12(7-18-9)11(16)6-14-17-13(8-19-14)15(3,4)5/h8-12H,6-7,16H2,1-5H3. The van der Waals surface area contributed by atoms with Crippen molar-refractivity contribution in [2.45, 2.75) is 68.2 Å². The van der Waals surface area contributed by atoms with E-state index in [1.54, 1.807) is 11.3 Å². The predicted molar refractivity (Wildman–Crippen MR) is 95.3 cm³/mol. The summed E-state index contributed by atoms with van der Waals surface area (Å²) in [4.78, 5) is 4.77. The van der Waals surface area contributed by atoms with Gasteiger partial charge in [-0.15, -0.1) is 11.3 Å². The summed E-state index contributed by atoms with van der Waals surface area (Å²) in [5, 5.41) is 5.39. The van der Waals surface area contributed by atoms with Crippen LogP contribution in [0, 0.1) is 0 Å². The highest BCUT2D eigenvalue weighted by Gasteiger charge is 2.30. The Morgan fingerprint density at radius 2 is 2.05 bits per heavy atom. The van der Waals surface area contributed by atoms with E-state index in [1.165, 1.54) is 16.5 Å². The summed E-state index contributed by atoms with van der Waals surface area (Å²) >= 11 is 5.89. The maximum absolute atomic E-state index is 6.44. The quantitative estimate of drug-likeness (QED) is 0.911. The first kappa shape index (κ1) is 16.7. The largest absolute Gasteiger partial charge is 0.326 e. The SMILES string of the molecule is CC1SCC(C(N)Cc2nc(C(C)(C)C)cs2)SC1C. The van der Waals surface area contributed by atoms with Crippen LogP contribution in [0.2, 0.25) is 0 Å². The molecular formula is C15H26N2S3. The van der Waals surface area contributed by atoms with Crippen molar-refractivity contribution in [1.82, 2.24) is 4.98 Å². The maximum atomic E-state index is 6.44. The molecule has 0 amide bonds. The van der Waals surface area contributed by atoms with Crippen LogP contribution in [0.4, 0.5) is 0 Å². The third-order valence-electron chi connectivity index (χ3n) is 3.78. The molecule has 1 aromatic heterocycles. The van der Waals surface area contributed by atoms with Gasteiger partial charge in [0.15, 0.2) is 0 Å². The van der Waals surface area contributed by atoms with Crippen molar-refractivity contribution in [2.24, 2.45) is 5.73 Å². The molecule has 4 unspecified atom stereocenters. The Labute approximate surface area is 135 Å². The van der Waals surface area contributed by atoms with Gasteiger partial charge in [0.2, 0.25) is 0 Å². The van der Waals surface area contributed by atoms with Crippen LogP contribution in [-0.4, -0.2) is 32.5 Å². The zero-order valence-electron chi connectivity index (χ0n) is 13.1. The van der Waals surface area contributed by atoms with Gasteiger partial charge in [-0.1, -0.05) is 34.6 Å². The molecule has 0 aromatic carbocycles. The molecule has 1 aliphatic rings. The molecule has 1 aromatic rings. The lowest BCUT2D eigenvalue weighted by molar-refractivity contribution is 0.567.